The van der Waals surface area contributed by atoms with Crippen molar-refractivity contribution in [3.63, 3.8) is 0 Å². The van der Waals surface area contributed by atoms with E-state index in [1.54, 1.807) is 20.8 Å². The molecule has 0 fully saturated rings. The molecular weight excluding hydrogens is 464 g/mol. The van der Waals surface area contributed by atoms with Gasteiger partial charge in [0.1, 0.15) is 5.60 Å². The summed E-state index contributed by atoms with van der Waals surface area (Å²) < 4.78 is 12.4. The van der Waals surface area contributed by atoms with Gasteiger partial charge in [-0.25, -0.2) is 4.79 Å². The van der Waals surface area contributed by atoms with Gasteiger partial charge in [-0.05, 0) is 75.0 Å². The number of hydrogen-bond acceptors (Lipinski definition) is 5. The van der Waals surface area contributed by atoms with E-state index in [9.17, 15) is 14.7 Å². The maximum absolute atomic E-state index is 12.9. The Morgan fingerprint density at radius 3 is 1.94 bits per heavy atom. The highest BCUT2D eigenvalue weighted by molar-refractivity contribution is 6.74. The summed E-state index contributed by atoms with van der Waals surface area (Å²) in [4.78, 5) is 27.9. The number of carbonyl (C=O) groups excluding carboxylic acids is 1. The van der Waals surface area contributed by atoms with Gasteiger partial charge in [-0.15, -0.1) is 0 Å². The summed E-state index contributed by atoms with van der Waals surface area (Å²) in [5, 5.41) is 16.6. The van der Waals surface area contributed by atoms with Crippen LogP contribution in [0.4, 0.5) is 4.79 Å². The van der Waals surface area contributed by atoms with Gasteiger partial charge < -0.3 is 19.6 Å². The second kappa shape index (κ2) is 13.5. The van der Waals surface area contributed by atoms with Crippen molar-refractivity contribution in [1.82, 2.24) is 5.32 Å². The zero-order valence-corrected chi connectivity index (χ0v) is 25.0. The van der Waals surface area contributed by atoms with E-state index in [2.05, 4.69) is 49.2 Å². The fraction of sp³-hybridized carbons (Fsp3) is 0.920. The summed E-state index contributed by atoms with van der Waals surface area (Å²) in [7, 11) is -2.34. The lowest BCUT2D eigenvalue weighted by atomic mass is 9.83. The van der Waals surface area contributed by atoms with Gasteiger partial charge in [0.25, 0.3) is 0 Å². The number of carboxylic acids is 1. The Morgan fingerprint density at radius 1 is 1.03 bits per heavy atom. The number of azide groups is 1. The van der Waals surface area contributed by atoms with E-state index in [1.807, 2.05) is 27.7 Å². The average Bonchev–Trinajstić information content (AvgIpc) is 2.63. The molecule has 0 aliphatic rings. The Morgan fingerprint density at radius 2 is 1.57 bits per heavy atom. The fourth-order valence-corrected chi connectivity index (χ4v) is 4.92. The molecule has 2 N–H and O–H groups in total. The molecule has 0 radical (unpaired) electrons. The predicted molar refractivity (Wildman–Crippen MR) is 143 cm³/mol. The average molecular weight is 515 g/mol. The third-order valence-corrected chi connectivity index (χ3v) is 11.4. The van der Waals surface area contributed by atoms with Crippen molar-refractivity contribution in [1.29, 1.82) is 0 Å². The molecular formula is C25H50N4O5Si. The molecule has 1 amide bonds. The number of alkyl carbamates (subject to hydrolysis) is 1. The highest BCUT2D eigenvalue weighted by Crippen LogP contribution is 2.39. The number of carboxylic acid groups (broad SMARTS) is 1. The molecule has 0 saturated heterocycles. The lowest BCUT2D eigenvalue weighted by Crippen LogP contribution is -2.54. The molecule has 0 bridgehead atoms. The van der Waals surface area contributed by atoms with Crippen molar-refractivity contribution in [3.8, 4) is 0 Å². The van der Waals surface area contributed by atoms with Gasteiger partial charge >= 0.3 is 12.1 Å². The molecule has 4 atom stereocenters. The molecule has 0 saturated carbocycles. The van der Waals surface area contributed by atoms with Gasteiger partial charge in [0.15, 0.2) is 8.32 Å². The molecule has 0 aromatic rings. The van der Waals surface area contributed by atoms with Gasteiger partial charge in [0.05, 0.1) is 18.1 Å². The van der Waals surface area contributed by atoms with E-state index < -0.39 is 44.0 Å². The minimum absolute atomic E-state index is 0.0290. The highest BCUT2D eigenvalue weighted by Gasteiger charge is 2.43. The second-order valence-electron chi connectivity index (χ2n) is 12.7. The lowest BCUT2D eigenvalue weighted by molar-refractivity contribution is -0.144. The predicted octanol–water partition coefficient (Wildman–Crippen LogP) is 6.99. The number of carbonyl (C=O) groups is 2. The summed E-state index contributed by atoms with van der Waals surface area (Å²) in [6.45, 7) is 24.1. The Hall–Kier alpha value is -1.77. The molecule has 0 aliphatic carbocycles. The van der Waals surface area contributed by atoms with Crippen LogP contribution in [-0.4, -0.2) is 49.8 Å². The molecule has 0 aromatic carbocycles. The van der Waals surface area contributed by atoms with E-state index >= 15 is 0 Å². The van der Waals surface area contributed by atoms with E-state index in [0.717, 1.165) is 0 Å². The van der Waals surface area contributed by atoms with E-state index in [4.69, 9.17) is 14.7 Å². The van der Waals surface area contributed by atoms with Crippen LogP contribution in [0.2, 0.25) is 18.1 Å². The molecule has 0 aromatic heterocycles. The van der Waals surface area contributed by atoms with Crippen molar-refractivity contribution < 1.29 is 23.9 Å². The van der Waals surface area contributed by atoms with Crippen molar-refractivity contribution in [2.45, 2.75) is 118 Å². The lowest BCUT2D eigenvalue weighted by Gasteiger charge is -2.43. The van der Waals surface area contributed by atoms with Crippen LogP contribution in [0.3, 0.4) is 0 Å². The summed E-state index contributed by atoms with van der Waals surface area (Å²) in [5.41, 5.74) is 8.19. The number of nitrogens with zero attached hydrogens (tertiary/aromatic N) is 3. The smallest absolute Gasteiger partial charge is 0.407 e. The van der Waals surface area contributed by atoms with Crippen LogP contribution < -0.4 is 5.32 Å². The first kappa shape index (κ1) is 33.2. The third-order valence-electron chi connectivity index (χ3n) is 6.89. The minimum atomic E-state index is -2.34. The number of amides is 1. The van der Waals surface area contributed by atoms with E-state index in [-0.39, 0.29) is 35.8 Å². The normalized spacial score (nSPS) is 16.3. The van der Waals surface area contributed by atoms with Crippen molar-refractivity contribution in [2.75, 3.05) is 6.54 Å². The first-order valence-corrected chi connectivity index (χ1v) is 15.5. The number of aliphatic carboxylic acids is 1. The van der Waals surface area contributed by atoms with Gasteiger partial charge in [-0.1, -0.05) is 53.6 Å². The maximum atomic E-state index is 12.9. The van der Waals surface area contributed by atoms with Crippen molar-refractivity contribution in [3.05, 3.63) is 10.4 Å². The SMILES string of the molecule is CC(C)C(CN=[N+]=[N-])CC(NC(=O)OC(C)(C)C)C(CC(C(=O)O)C(C)C)O[Si](C)(C)C(C)(C)C. The molecule has 35 heavy (non-hydrogen) atoms. The molecule has 0 spiro atoms. The summed E-state index contributed by atoms with van der Waals surface area (Å²) in [6.07, 6.45) is -0.389. The molecule has 0 aliphatic heterocycles. The van der Waals surface area contributed by atoms with E-state index in [0.29, 0.717) is 6.42 Å². The summed E-state index contributed by atoms with van der Waals surface area (Å²) in [5.74, 6) is -1.48. The standard InChI is InChI=1S/C25H50N4O5Si/c1-16(2)18(15-27-29-26)13-20(28-23(32)33-24(5,6)7)21(14-19(17(3)4)22(30)31)34-35(11,12)25(8,9)10/h16-21H,13-15H2,1-12H3,(H,28,32)(H,30,31). The second-order valence-corrected chi connectivity index (χ2v) is 17.5. The largest absolute Gasteiger partial charge is 0.481 e. The fourth-order valence-electron chi connectivity index (χ4n) is 3.55. The quantitative estimate of drug-likeness (QED) is 0.118. The zero-order valence-electron chi connectivity index (χ0n) is 24.0. The van der Waals surface area contributed by atoms with Crippen LogP contribution in [-0.2, 0) is 14.0 Å². The molecule has 204 valence electrons. The van der Waals surface area contributed by atoms with Gasteiger partial charge in [-0.2, -0.15) is 0 Å². The first-order chi connectivity index (χ1) is 15.7. The number of rotatable bonds is 13. The number of hydrogen-bond donors (Lipinski definition) is 2. The monoisotopic (exact) mass is 514 g/mol. The topological polar surface area (TPSA) is 134 Å². The zero-order chi connectivity index (χ0) is 27.8. The highest BCUT2D eigenvalue weighted by atomic mass is 28.4. The third kappa shape index (κ3) is 12.2. The molecule has 0 rings (SSSR count). The van der Waals surface area contributed by atoms with Gasteiger partial charge in [0, 0.05) is 11.5 Å². The van der Waals surface area contributed by atoms with E-state index in [1.165, 1.54) is 0 Å². The molecule has 4 unspecified atom stereocenters. The molecule has 10 heteroatoms. The Balaban J connectivity index is 6.48. The van der Waals surface area contributed by atoms with Crippen LogP contribution >= 0.6 is 0 Å². The Kier molecular flexibility index (Phi) is 12.8. The van der Waals surface area contributed by atoms with Crippen LogP contribution in [0.1, 0.15) is 82.1 Å². The van der Waals surface area contributed by atoms with Crippen LogP contribution in [0, 0.1) is 23.7 Å². The first-order valence-electron chi connectivity index (χ1n) is 12.6. The van der Waals surface area contributed by atoms with Crippen LogP contribution in [0.15, 0.2) is 5.11 Å². The van der Waals surface area contributed by atoms with Crippen LogP contribution in [0.25, 0.3) is 10.4 Å². The maximum Gasteiger partial charge on any atom is 0.407 e. The molecule has 0 heterocycles. The van der Waals surface area contributed by atoms with Crippen LogP contribution in [0.5, 0.6) is 0 Å². The minimum Gasteiger partial charge on any atom is -0.481 e. The molecule has 9 nitrogen and oxygen atoms in total. The van der Waals surface area contributed by atoms with Gasteiger partial charge in [0.2, 0.25) is 0 Å². The Bertz CT molecular complexity index is 737. The van der Waals surface area contributed by atoms with Crippen molar-refractivity contribution >= 4 is 20.4 Å². The summed E-state index contributed by atoms with van der Waals surface area (Å²) >= 11 is 0. The Labute approximate surface area is 213 Å². The number of ether oxygens (including phenoxy) is 1. The van der Waals surface area contributed by atoms with Gasteiger partial charge in [-0.3, -0.25) is 4.79 Å². The van der Waals surface area contributed by atoms with Crippen molar-refractivity contribution in [2.24, 2.45) is 28.8 Å². The summed E-state index contributed by atoms with van der Waals surface area (Å²) in [6, 6.07) is -0.513. The number of nitrogens with one attached hydrogen (secondary N) is 1.